The van der Waals surface area contributed by atoms with E-state index < -0.39 is 5.91 Å². The summed E-state index contributed by atoms with van der Waals surface area (Å²) in [5, 5.41) is 18.7. The van der Waals surface area contributed by atoms with Gasteiger partial charge in [-0.25, -0.2) is 9.50 Å². The zero-order valence-corrected chi connectivity index (χ0v) is 14.8. The van der Waals surface area contributed by atoms with Crippen molar-refractivity contribution >= 4 is 34.3 Å². The largest absolute Gasteiger partial charge is 0.507 e. The summed E-state index contributed by atoms with van der Waals surface area (Å²) < 4.78 is 1.61. The molecule has 26 heavy (non-hydrogen) atoms. The molecule has 8 nitrogen and oxygen atoms in total. The molecule has 0 radical (unpaired) electrons. The van der Waals surface area contributed by atoms with E-state index in [1.807, 2.05) is 19.2 Å². The van der Waals surface area contributed by atoms with Gasteiger partial charge < -0.3 is 15.3 Å². The number of anilines is 1. The minimum absolute atomic E-state index is 0.0768. The van der Waals surface area contributed by atoms with Gasteiger partial charge in [0.2, 0.25) is 0 Å². The highest BCUT2D eigenvalue weighted by molar-refractivity contribution is 8.13. The van der Waals surface area contributed by atoms with Gasteiger partial charge in [-0.1, -0.05) is 12.1 Å². The van der Waals surface area contributed by atoms with Crippen LogP contribution in [0.2, 0.25) is 0 Å². The lowest BCUT2D eigenvalue weighted by Crippen LogP contribution is -2.19. The Morgan fingerprint density at radius 1 is 1.27 bits per heavy atom. The number of nitrogens with zero attached hydrogens (tertiary/aromatic N) is 5. The Morgan fingerprint density at radius 3 is 2.88 bits per heavy atom. The fourth-order valence-corrected chi connectivity index (χ4v) is 3.40. The highest BCUT2D eigenvalue weighted by Crippen LogP contribution is 2.22. The average Bonchev–Trinajstić information content (AvgIpc) is 3.20. The van der Waals surface area contributed by atoms with Crippen LogP contribution in [0.25, 0.3) is 5.65 Å². The fourth-order valence-electron chi connectivity index (χ4n) is 2.54. The topological polar surface area (TPSA) is 95.1 Å². The average molecular weight is 368 g/mol. The Balaban J connectivity index is 1.54. The van der Waals surface area contributed by atoms with Crippen molar-refractivity contribution in [3.05, 3.63) is 48.2 Å². The fraction of sp³-hybridized carbons (Fsp3) is 0.176. The van der Waals surface area contributed by atoms with Crippen LogP contribution in [0, 0.1) is 0 Å². The molecule has 0 fully saturated rings. The number of aromatic nitrogens is 3. The normalized spacial score (nSPS) is 13.9. The summed E-state index contributed by atoms with van der Waals surface area (Å²) in [6.07, 6.45) is 1.64. The molecular formula is C17H16N6O2S. The molecule has 2 aromatic heterocycles. The van der Waals surface area contributed by atoms with Crippen molar-refractivity contribution in [2.75, 3.05) is 25.5 Å². The standard InChI is InChI=1S/C17H16N6O2S/c1-22-9-8-18-17(22)26-15-7-6-14-19-13(10-23(14)21-15)20-16(25)11-4-2-3-5-12(11)24/h2-7,10,24H,8-9H2,1H3,(H,20,25). The van der Waals surface area contributed by atoms with Gasteiger partial charge in [0, 0.05) is 13.6 Å². The van der Waals surface area contributed by atoms with Gasteiger partial charge in [0.15, 0.2) is 16.6 Å². The first-order valence-corrected chi connectivity index (χ1v) is 8.81. The van der Waals surface area contributed by atoms with Gasteiger partial charge in [-0.3, -0.25) is 9.79 Å². The molecule has 3 heterocycles. The Labute approximate surface area is 153 Å². The van der Waals surface area contributed by atoms with E-state index in [2.05, 4.69) is 25.3 Å². The Kier molecular flexibility index (Phi) is 4.21. The lowest BCUT2D eigenvalue weighted by Gasteiger charge is -2.11. The number of amidine groups is 1. The maximum Gasteiger partial charge on any atom is 0.260 e. The molecule has 1 aliphatic heterocycles. The molecule has 0 atom stereocenters. The van der Waals surface area contributed by atoms with Crippen molar-refractivity contribution in [1.29, 1.82) is 0 Å². The molecule has 0 saturated heterocycles. The van der Waals surface area contributed by atoms with Crippen molar-refractivity contribution in [3.63, 3.8) is 0 Å². The number of imidazole rings is 1. The SMILES string of the molecule is CN1CCN=C1Sc1ccc2nc(NC(=O)c3ccccc3O)cn2n1. The predicted octanol–water partition coefficient (Wildman–Crippen LogP) is 2.08. The van der Waals surface area contributed by atoms with Crippen molar-refractivity contribution in [2.45, 2.75) is 5.03 Å². The summed E-state index contributed by atoms with van der Waals surface area (Å²) in [4.78, 5) is 23.1. The van der Waals surface area contributed by atoms with Gasteiger partial charge in [0.1, 0.15) is 10.8 Å². The van der Waals surface area contributed by atoms with Crippen LogP contribution in [0.4, 0.5) is 5.82 Å². The van der Waals surface area contributed by atoms with Crippen LogP contribution in [-0.2, 0) is 0 Å². The van der Waals surface area contributed by atoms with Crippen LogP contribution in [0.3, 0.4) is 0 Å². The molecule has 132 valence electrons. The number of nitrogens with one attached hydrogen (secondary N) is 1. The van der Waals surface area contributed by atoms with Gasteiger partial charge >= 0.3 is 0 Å². The quantitative estimate of drug-likeness (QED) is 0.735. The zero-order valence-electron chi connectivity index (χ0n) is 14.0. The molecule has 0 saturated carbocycles. The third-order valence-electron chi connectivity index (χ3n) is 3.89. The van der Waals surface area contributed by atoms with Crippen LogP contribution < -0.4 is 5.32 Å². The number of hydrogen-bond acceptors (Lipinski definition) is 7. The van der Waals surface area contributed by atoms with Gasteiger partial charge in [0.05, 0.1) is 18.3 Å². The summed E-state index contributed by atoms with van der Waals surface area (Å²) >= 11 is 1.49. The predicted molar refractivity (Wildman–Crippen MR) is 99.8 cm³/mol. The number of hydrogen-bond donors (Lipinski definition) is 2. The zero-order chi connectivity index (χ0) is 18.1. The summed E-state index contributed by atoms with van der Waals surface area (Å²) in [5.41, 5.74) is 0.805. The molecule has 1 amide bonds. The number of para-hydroxylation sites is 1. The highest BCUT2D eigenvalue weighted by Gasteiger charge is 2.16. The van der Waals surface area contributed by atoms with Crippen LogP contribution in [-0.4, -0.2) is 55.8 Å². The van der Waals surface area contributed by atoms with Crippen molar-refractivity contribution in [3.8, 4) is 5.75 Å². The maximum absolute atomic E-state index is 12.3. The lowest BCUT2D eigenvalue weighted by molar-refractivity contribution is 0.102. The minimum atomic E-state index is -0.428. The molecule has 0 aliphatic carbocycles. The summed E-state index contributed by atoms with van der Waals surface area (Å²) in [6, 6.07) is 10.1. The van der Waals surface area contributed by atoms with Crippen molar-refractivity contribution < 1.29 is 9.90 Å². The Bertz CT molecular complexity index is 1020. The molecule has 1 aromatic carbocycles. The molecule has 1 aliphatic rings. The number of fused-ring (bicyclic) bond motifs is 1. The van der Waals surface area contributed by atoms with Crippen LogP contribution >= 0.6 is 11.8 Å². The molecular weight excluding hydrogens is 352 g/mol. The number of carbonyl (C=O) groups is 1. The summed E-state index contributed by atoms with van der Waals surface area (Å²) in [6.45, 7) is 1.72. The number of likely N-dealkylation sites (N-methyl/N-ethyl adjacent to an activating group) is 1. The summed E-state index contributed by atoms with van der Waals surface area (Å²) in [5.74, 6) is -0.140. The van der Waals surface area contributed by atoms with Crippen LogP contribution in [0.1, 0.15) is 10.4 Å². The second kappa shape index (κ2) is 6.68. The third-order valence-corrected chi connectivity index (χ3v) is 4.94. The smallest absolute Gasteiger partial charge is 0.260 e. The lowest BCUT2D eigenvalue weighted by atomic mass is 10.2. The van der Waals surface area contributed by atoms with E-state index in [9.17, 15) is 9.90 Å². The second-order valence-corrected chi connectivity index (χ2v) is 6.75. The Morgan fingerprint density at radius 2 is 2.12 bits per heavy atom. The molecule has 3 aromatic rings. The maximum atomic E-state index is 12.3. The van der Waals surface area contributed by atoms with Gasteiger partial charge in [-0.15, -0.1) is 0 Å². The number of amides is 1. The number of thioether (sulfide) groups is 1. The van der Waals surface area contributed by atoms with Crippen molar-refractivity contribution in [1.82, 2.24) is 19.5 Å². The van der Waals surface area contributed by atoms with Crippen LogP contribution in [0.5, 0.6) is 5.75 Å². The summed E-state index contributed by atoms with van der Waals surface area (Å²) in [7, 11) is 2.00. The van der Waals surface area contributed by atoms with Crippen LogP contribution in [0.15, 0.2) is 52.6 Å². The second-order valence-electron chi connectivity index (χ2n) is 5.76. The minimum Gasteiger partial charge on any atom is -0.507 e. The monoisotopic (exact) mass is 368 g/mol. The van der Waals surface area contributed by atoms with E-state index in [0.717, 1.165) is 23.3 Å². The first-order chi connectivity index (χ1) is 12.6. The van der Waals surface area contributed by atoms with Gasteiger partial charge in [-0.05, 0) is 36.0 Å². The van der Waals surface area contributed by atoms with E-state index in [4.69, 9.17) is 0 Å². The number of aliphatic imine (C=N–C) groups is 1. The van der Waals surface area contributed by atoms with Gasteiger partial charge in [0.25, 0.3) is 5.91 Å². The van der Waals surface area contributed by atoms with E-state index in [1.54, 1.807) is 28.9 Å². The first-order valence-electron chi connectivity index (χ1n) is 7.99. The van der Waals surface area contributed by atoms with E-state index >= 15 is 0 Å². The molecule has 0 bridgehead atoms. The first kappa shape index (κ1) is 16.4. The molecule has 9 heteroatoms. The highest BCUT2D eigenvalue weighted by atomic mass is 32.2. The number of rotatable bonds is 3. The molecule has 0 spiro atoms. The molecule has 0 unspecified atom stereocenters. The third kappa shape index (κ3) is 3.21. The molecule has 4 rings (SSSR count). The van der Waals surface area contributed by atoms with E-state index in [-0.39, 0.29) is 11.3 Å². The number of aromatic hydroxyl groups is 1. The number of phenols is 1. The van der Waals surface area contributed by atoms with E-state index in [1.165, 1.54) is 17.8 Å². The number of carbonyl (C=O) groups excluding carboxylic acids is 1. The van der Waals surface area contributed by atoms with Crippen molar-refractivity contribution in [2.24, 2.45) is 4.99 Å². The Hall–Kier alpha value is -3.07. The van der Waals surface area contributed by atoms with E-state index in [0.29, 0.717) is 11.5 Å². The van der Waals surface area contributed by atoms with Gasteiger partial charge in [-0.2, -0.15) is 5.10 Å². The number of benzene rings is 1. The molecule has 2 N–H and O–H groups in total. The number of phenolic OH excluding ortho intramolecular Hbond substituents is 1.